The summed E-state index contributed by atoms with van der Waals surface area (Å²) in [6.45, 7) is 8.60. The van der Waals surface area contributed by atoms with Gasteiger partial charge in [0.25, 0.3) is 11.5 Å². The standard InChI is InChI=1S/C26H29N5O6/c1-5-17-14-23(32)29-26(27-17)31-22(15-18(30-31)19-10-9-11-37-19)28-25(33)16-12-20(34-6-2)24(36-8-4)21(13-16)35-7-3/h9-15H,5-8H2,1-4H3,(H,28,33)(H,27,29,32). The molecule has 3 heterocycles. The Morgan fingerprint density at radius 2 is 1.73 bits per heavy atom. The number of aromatic nitrogens is 4. The number of rotatable bonds is 11. The maximum atomic E-state index is 13.4. The quantitative estimate of drug-likeness (QED) is 0.308. The fraction of sp³-hybridized carbons (Fsp3) is 0.308. The third-order valence-corrected chi connectivity index (χ3v) is 5.24. The van der Waals surface area contributed by atoms with E-state index in [0.717, 1.165) is 0 Å². The second kappa shape index (κ2) is 11.5. The average Bonchev–Trinajstić information content (AvgIpc) is 3.56. The van der Waals surface area contributed by atoms with Crippen molar-refractivity contribution in [2.24, 2.45) is 0 Å². The zero-order valence-electron chi connectivity index (χ0n) is 21.2. The molecule has 1 amide bonds. The summed E-state index contributed by atoms with van der Waals surface area (Å²) in [6.07, 6.45) is 2.08. The third-order valence-electron chi connectivity index (χ3n) is 5.24. The minimum atomic E-state index is -0.453. The summed E-state index contributed by atoms with van der Waals surface area (Å²) < 4.78 is 24.0. The van der Waals surface area contributed by atoms with Crippen LogP contribution < -0.4 is 25.1 Å². The van der Waals surface area contributed by atoms with Gasteiger partial charge in [-0.2, -0.15) is 9.78 Å². The van der Waals surface area contributed by atoms with Gasteiger partial charge in [0.2, 0.25) is 11.7 Å². The highest BCUT2D eigenvalue weighted by molar-refractivity contribution is 6.05. The number of H-pyrrole nitrogens is 1. The Morgan fingerprint density at radius 3 is 2.32 bits per heavy atom. The number of hydrogen-bond donors (Lipinski definition) is 2. The molecule has 0 aliphatic heterocycles. The van der Waals surface area contributed by atoms with E-state index in [-0.39, 0.29) is 22.9 Å². The average molecular weight is 508 g/mol. The number of hydrogen-bond acceptors (Lipinski definition) is 8. The van der Waals surface area contributed by atoms with Crippen LogP contribution in [-0.2, 0) is 6.42 Å². The van der Waals surface area contributed by atoms with Crippen molar-refractivity contribution in [2.75, 3.05) is 25.1 Å². The van der Waals surface area contributed by atoms with E-state index in [9.17, 15) is 9.59 Å². The topological polar surface area (TPSA) is 134 Å². The predicted octanol–water partition coefficient (Wildman–Crippen LogP) is 4.23. The van der Waals surface area contributed by atoms with Crippen LogP contribution in [0.15, 0.2) is 51.9 Å². The van der Waals surface area contributed by atoms with Crippen molar-refractivity contribution in [3.8, 4) is 34.7 Å². The summed E-state index contributed by atoms with van der Waals surface area (Å²) in [6, 6.07) is 9.72. The van der Waals surface area contributed by atoms with Crippen LogP contribution in [0, 0.1) is 0 Å². The molecule has 4 aromatic rings. The van der Waals surface area contributed by atoms with Crippen LogP contribution in [0.25, 0.3) is 17.4 Å². The summed E-state index contributed by atoms with van der Waals surface area (Å²) in [7, 11) is 0. The largest absolute Gasteiger partial charge is 0.490 e. The third kappa shape index (κ3) is 5.66. The molecule has 11 nitrogen and oxygen atoms in total. The molecule has 0 aliphatic carbocycles. The Bertz CT molecular complexity index is 1400. The molecule has 0 unspecified atom stereocenters. The van der Waals surface area contributed by atoms with E-state index >= 15 is 0 Å². The number of furan rings is 1. The SMILES string of the molecule is CCOc1cc(C(=O)Nc2cc(-c3ccco3)nn2-c2nc(CC)cc(=O)[nH]2)cc(OCC)c1OCC. The minimum Gasteiger partial charge on any atom is -0.490 e. The van der Waals surface area contributed by atoms with E-state index in [4.69, 9.17) is 18.6 Å². The first-order valence-electron chi connectivity index (χ1n) is 12.1. The van der Waals surface area contributed by atoms with Gasteiger partial charge in [0, 0.05) is 23.4 Å². The highest BCUT2D eigenvalue weighted by atomic mass is 16.5. The first-order chi connectivity index (χ1) is 18.0. The predicted molar refractivity (Wildman–Crippen MR) is 137 cm³/mol. The molecular formula is C26H29N5O6. The van der Waals surface area contributed by atoms with Gasteiger partial charge in [-0.05, 0) is 51.5 Å². The monoisotopic (exact) mass is 507 g/mol. The Balaban J connectivity index is 1.77. The molecule has 0 saturated carbocycles. The molecule has 0 saturated heterocycles. The van der Waals surface area contributed by atoms with Crippen molar-refractivity contribution in [2.45, 2.75) is 34.1 Å². The van der Waals surface area contributed by atoms with Crippen LogP contribution in [0.4, 0.5) is 5.82 Å². The van der Waals surface area contributed by atoms with Crippen molar-refractivity contribution < 1.29 is 23.4 Å². The normalized spacial score (nSPS) is 10.8. The number of benzene rings is 1. The molecule has 11 heteroatoms. The van der Waals surface area contributed by atoms with Crippen molar-refractivity contribution in [3.05, 3.63) is 64.3 Å². The van der Waals surface area contributed by atoms with Crippen molar-refractivity contribution in [3.63, 3.8) is 0 Å². The van der Waals surface area contributed by atoms with E-state index in [0.29, 0.717) is 60.6 Å². The fourth-order valence-corrected chi connectivity index (χ4v) is 3.66. The summed E-state index contributed by atoms with van der Waals surface area (Å²) >= 11 is 0. The number of carbonyl (C=O) groups is 1. The number of carbonyl (C=O) groups excluding carboxylic acids is 1. The van der Waals surface area contributed by atoms with Gasteiger partial charge in [-0.15, -0.1) is 0 Å². The Kier molecular flexibility index (Phi) is 7.92. The molecule has 0 atom stereocenters. The minimum absolute atomic E-state index is 0.161. The van der Waals surface area contributed by atoms with Gasteiger partial charge >= 0.3 is 0 Å². The molecule has 4 rings (SSSR count). The van der Waals surface area contributed by atoms with Gasteiger partial charge in [-0.25, -0.2) is 4.98 Å². The van der Waals surface area contributed by atoms with E-state index in [1.807, 2.05) is 27.7 Å². The van der Waals surface area contributed by atoms with Crippen molar-refractivity contribution >= 4 is 11.7 Å². The molecule has 2 N–H and O–H groups in total. The molecule has 37 heavy (non-hydrogen) atoms. The number of anilines is 1. The van der Waals surface area contributed by atoms with Gasteiger partial charge < -0.3 is 23.9 Å². The lowest BCUT2D eigenvalue weighted by atomic mass is 10.1. The van der Waals surface area contributed by atoms with E-state index in [1.165, 1.54) is 17.0 Å². The van der Waals surface area contributed by atoms with Gasteiger partial charge in [-0.1, -0.05) is 6.92 Å². The number of aryl methyl sites for hydroxylation is 1. The van der Waals surface area contributed by atoms with Gasteiger partial charge in [0.1, 0.15) is 11.5 Å². The van der Waals surface area contributed by atoms with Gasteiger partial charge in [-0.3, -0.25) is 14.6 Å². The lowest BCUT2D eigenvalue weighted by Crippen LogP contribution is -2.19. The molecule has 0 fully saturated rings. The zero-order valence-corrected chi connectivity index (χ0v) is 21.2. The highest BCUT2D eigenvalue weighted by Gasteiger charge is 2.21. The first kappa shape index (κ1) is 25.5. The number of aromatic amines is 1. The second-order valence-electron chi connectivity index (χ2n) is 7.77. The molecule has 1 aromatic carbocycles. The Morgan fingerprint density at radius 1 is 1.03 bits per heavy atom. The lowest BCUT2D eigenvalue weighted by Gasteiger charge is -2.17. The Hall–Kier alpha value is -4.54. The highest BCUT2D eigenvalue weighted by Crippen LogP contribution is 2.39. The number of nitrogens with zero attached hydrogens (tertiary/aromatic N) is 3. The summed E-state index contributed by atoms with van der Waals surface area (Å²) in [4.78, 5) is 32.8. The van der Waals surface area contributed by atoms with Crippen LogP contribution in [0.5, 0.6) is 17.2 Å². The Labute approximate surface area is 213 Å². The second-order valence-corrected chi connectivity index (χ2v) is 7.77. The van der Waals surface area contributed by atoms with E-state index in [2.05, 4.69) is 20.4 Å². The number of nitrogens with one attached hydrogen (secondary N) is 2. The molecule has 0 aliphatic rings. The van der Waals surface area contributed by atoms with Crippen LogP contribution in [0.3, 0.4) is 0 Å². The first-order valence-corrected chi connectivity index (χ1v) is 12.1. The van der Waals surface area contributed by atoms with Gasteiger partial charge in [0.15, 0.2) is 17.3 Å². The maximum Gasteiger partial charge on any atom is 0.257 e. The zero-order chi connectivity index (χ0) is 26.4. The smallest absolute Gasteiger partial charge is 0.257 e. The van der Waals surface area contributed by atoms with Gasteiger partial charge in [0.05, 0.1) is 26.1 Å². The molecule has 0 bridgehead atoms. The maximum absolute atomic E-state index is 13.4. The van der Waals surface area contributed by atoms with Crippen LogP contribution >= 0.6 is 0 Å². The van der Waals surface area contributed by atoms with Crippen LogP contribution in [0.2, 0.25) is 0 Å². The number of amides is 1. The molecule has 194 valence electrons. The lowest BCUT2D eigenvalue weighted by molar-refractivity contribution is 0.102. The van der Waals surface area contributed by atoms with E-state index in [1.54, 1.807) is 30.3 Å². The molecule has 0 spiro atoms. The summed E-state index contributed by atoms with van der Waals surface area (Å²) in [5.41, 5.74) is 0.983. The van der Waals surface area contributed by atoms with Crippen LogP contribution in [-0.4, -0.2) is 45.5 Å². The van der Waals surface area contributed by atoms with Crippen LogP contribution in [0.1, 0.15) is 43.7 Å². The molecule has 3 aromatic heterocycles. The summed E-state index contributed by atoms with van der Waals surface area (Å²) in [5.74, 6) is 1.70. The van der Waals surface area contributed by atoms with Crippen molar-refractivity contribution in [1.29, 1.82) is 0 Å². The molecule has 0 radical (unpaired) electrons. The number of ether oxygens (including phenoxy) is 3. The molecular weight excluding hydrogens is 478 g/mol. The van der Waals surface area contributed by atoms with E-state index < -0.39 is 5.91 Å². The fourth-order valence-electron chi connectivity index (χ4n) is 3.66. The van der Waals surface area contributed by atoms with Crippen molar-refractivity contribution in [1.82, 2.24) is 19.7 Å². The summed E-state index contributed by atoms with van der Waals surface area (Å²) in [5, 5.41) is 7.39.